The lowest BCUT2D eigenvalue weighted by Crippen LogP contribution is -2.40. The fourth-order valence-electron chi connectivity index (χ4n) is 1.13. The molecule has 0 spiro atoms. The summed E-state index contributed by atoms with van der Waals surface area (Å²) in [6.07, 6.45) is 3.05. The molecule has 16 heavy (non-hydrogen) atoms. The van der Waals surface area contributed by atoms with Crippen LogP contribution in [0.25, 0.3) is 0 Å². The molecule has 4 N–H and O–H groups in total. The van der Waals surface area contributed by atoms with E-state index in [0.29, 0.717) is 5.56 Å². The van der Waals surface area contributed by atoms with Gasteiger partial charge in [0.15, 0.2) is 0 Å². The van der Waals surface area contributed by atoms with Crippen molar-refractivity contribution in [1.82, 2.24) is 0 Å². The molecule has 0 radical (unpaired) electrons. The van der Waals surface area contributed by atoms with Gasteiger partial charge in [0.05, 0.1) is 4.92 Å². The summed E-state index contributed by atoms with van der Waals surface area (Å²) in [5, 5.41) is 21.6. The standard InChI is InChI=1S/C9H15N3O3S/c1-16(2,10,11)9(13)7-3-5-8(6-4-7)12(14)15/h3-6,16H,10-11H2,1-2H3. The van der Waals surface area contributed by atoms with Crippen LogP contribution in [0.4, 0.5) is 5.69 Å². The highest BCUT2D eigenvalue weighted by Gasteiger charge is 2.29. The molecule has 0 saturated heterocycles. The van der Waals surface area contributed by atoms with Crippen molar-refractivity contribution in [3.63, 3.8) is 0 Å². The van der Waals surface area contributed by atoms with E-state index in [1.807, 2.05) is 0 Å². The molecular formula is C9H15N3O3S. The van der Waals surface area contributed by atoms with Crippen molar-refractivity contribution in [2.75, 3.05) is 12.5 Å². The molecule has 0 heterocycles. The number of nitrogens with two attached hydrogens (primary N) is 2. The third kappa shape index (κ3) is 2.78. The van der Waals surface area contributed by atoms with Crippen molar-refractivity contribution in [2.24, 2.45) is 10.3 Å². The highest BCUT2D eigenvalue weighted by atomic mass is 32.3. The summed E-state index contributed by atoms with van der Waals surface area (Å²) in [5.41, 5.74) is 0.233. The normalized spacial score (nSPS) is 13.9. The van der Waals surface area contributed by atoms with Crippen LogP contribution in [0.2, 0.25) is 0 Å². The zero-order chi connectivity index (χ0) is 12.6. The van der Waals surface area contributed by atoms with Crippen LogP contribution < -0.4 is 10.3 Å². The molecule has 0 saturated carbocycles. The first kappa shape index (κ1) is 12.6. The summed E-state index contributed by atoms with van der Waals surface area (Å²) in [5.74, 6) is 0. The molecule has 0 aliphatic heterocycles. The smallest absolute Gasteiger partial charge is 0.269 e. The van der Waals surface area contributed by atoms with E-state index < -0.39 is 14.5 Å². The maximum absolute atomic E-state index is 11.9. The lowest BCUT2D eigenvalue weighted by atomic mass is 10.2. The first-order valence-electron chi connectivity index (χ1n) is 4.50. The molecule has 7 heteroatoms. The molecule has 0 aromatic heterocycles. The van der Waals surface area contributed by atoms with Gasteiger partial charge in [0.1, 0.15) is 0 Å². The Balaban J connectivity index is 3.09. The van der Waals surface area contributed by atoms with Crippen molar-refractivity contribution in [3.05, 3.63) is 39.9 Å². The van der Waals surface area contributed by atoms with E-state index in [1.54, 1.807) is 0 Å². The maximum Gasteiger partial charge on any atom is 0.269 e. The molecule has 0 bridgehead atoms. The average molecular weight is 245 g/mol. The van der Waals surface area contributed by atoms with Gasteiger partial charge in [-0.2, -0.15) is 9.53 Å². The lowest BCUT2D eigenvalue weighted by Gasteiger charge is -2.45. The number of carbonyl (C=O) groups is 1. The van der Waals surface area contributed by atoms with E-state index in [4.69, 9.17) is 10.3 Å². The summed E-state index contributed by atoms with van der Waals surface area (Å²) < 4.78 is 0. The Morgan fingerprint density at radius 1 is 1.25 bits per heavy atom. The number of hydrogen-bond donors (Lipinski definition) is 3. The molecule has 1 rings (SSSR count). The highest BCUT2D eigenvalue weighted by molar-refractivity contribution is 8.56. The number of nitro benzene ring substituents is 1. The van der Waals surface area contributed by atoms with Gasteiger partial charge in [0.25, 0.3) is 5.69 Å². The van der Waals surface area contributed by atoms with Crippen molar-refractivity contribution in [1.29, 1.82) is 0 Å². The van der Waals surface area contributed by atoms with Gasteiger partial charge in [-0.15, -0.1) is 0 Å². The Morgan fingerprint density at radius 3 is 2.00 bits per heavy atom. The molecule has 0 amide bonds. The van der Waals surface area contributed by atoms with Crippen molar-refractivity contribution in [3.8, 4) is 0 Å². The number of benzene rings is 1. The van der Waals surface area contributed by atoms with Crippen LogP contribution in [0.1, 0.15) is 10.4 Å². The molecule has 0 atom stereocenters. The molecule has 0 aliphatic carbocycles. The van der Waals surface area contributed by atoms with Gasteiger partial charge in [-0.05, 0) is 24.6 Å². The Kier molecular flexibility index (Phi) is 2.80. The predicted octanol–water partition coefficient (Wildman–Crippen LogP) is 0.815. The molecule has 1 aromatic rings. The van der Waals surface area contributed by atoms with Crippen LogP contribution in [-0.2, 0) is 0 Å². The molecule has 1 aromatic carbocycles. The van der Waals surface area contributed by atoms with Crippen LogP contribution in [-0.4, -0.2) is 22.6 Å². The number of nitrogens with zero attached hydrogens (tertiary/aromatic N) is 1. The Hall–Kier alpha value is -1.44. The minimum Gasteiger partial charge on any atom is -0.294 e. The van der Waals surface area contributed by atoms with E-state index in [9.17, 15) is 14.9 Å². The van der Waals surface area contributed by atoms with Crippen molar-refractivity contribution >= 4 is 20.3 Å². The van der Waals surface area contributed by atoms with Gasteiger partial charge in [0, 0.05) is 17.7 Å². The van der Waals surface area contributed by atoms with Gasteiger partial charge in [0.2, 0.25) is 5.12 Å². The third-order valence-corrected chi connectivity index (χ3v) is 3.51. The molecule has 0 unspecified atom stereocenters. The van der Waals surface area contributed by atoms with Crippen LogP contribution in [0.5, 0.6) is 0 Å². The molecule has 90 valence electrons. The molecule has 0 aliphatic rings. The van der Waals surface area contributed by atoms with Gasteiger partial charge < -0.3 is 0 Å². The summed E-state index contributed by atoms with van der Waals surface area (Å²) in [7, 11) is -3.32. The van der Waals surface area contributed by atoms with E-state index >= 15 is 0 Å². The van der Waals surface area contributed by atoms with Crippen molar-refractivity contribution < 1.29 is 9.72 Å². The first-order chi connectivity index (χ1) is 7.08. The predicted molar refractivity (Wildman–Crippen MR) is 66.6 cm³/mol. The van der Waals surface area contributed by atoms with Crippen molar-refractivity contribution in [2.45, 2.75) is 0 Å². The second kappa shape index (κ2) is 3.55. The summed E-state index contributed by atoms with van der Waals surface area (Å²) in [6.45, 7) is 0. The van der Waals surface area contributed by atoms with Gasteiger partial charge in [-0.1, -0.05) is 0 Å². The van der Waals surface area contributed by atoms with Gasteiger partial charge in [-0.25, -0.2) is 0 Å². The second-order valence-corrected chi connectivity index (χ2v) is 9.52. The highest BCUT2D eigenvalue weighted by Crippen LogP contribution is 2.49. The second-order valence-electron chi connectivity index (χ2n) is 4.44. The number of non-ortho nitro benzene ring substituents is 1. The number of thiol groups is 1. The van der Waals surface area contributed by atoms with E-state index in [2.05, 4.69) is 0 Å². The fourth-order valence-corrected chi connectivity index (χ4v) is 2.10. The summed E-state index contributed by atoms with van der Waals surface area (Å²) in [4.78, 5) is 21.8. The van der Waals surface area contributed by atoms with E-state index in [1.165, 1.54) is 36.8 Å². The summed E-state index contributed by atoms with van der Waals surface area (Å²) in [6, 6.07) is 5.26. The van der Waals surface area contributed by atoms with Gasteiger partial charge >= 0.3 is 0 Å². The van der Waals surface area contributed by atoms with E-state index in [-0.39, 0.29) is 10.8 Å². The van der Waals surface area contributed by atoms with Crippen LogP contribution in [0, 0.1) is 10.1 Å². The SMILES string of the molecule is C[SH](C)(N)(N)C(=O)c1ccc([N+](=O)[O-])cc1. The summed E-state index contributed by atoms with van der Waals surface area (Å²) >= 11 is 0. The minimum absolute atomic E-state index is 0.0712. The Morgan fingerprint density at radius 2 is 1.69 bits per heavy atom. The molecular weight excluding hydrogens is 230 g/mol. The number of hydrogen-bond acceptors (Lipinski definition) is 5. The maximum atomic E-state index is 11.9. The number of carbonyl (C=O) groups excluding carboxylic acids is 1. The van der Waals surface area contributed by atoms with E-state index in [0.717, 1.165) is 0 Å². The quantitative estimate of drug-likeness (QED) is 0.405. The van der Waals surface area contributed by atoms with Gasteiger partial charge in [-0.3, -0.25) is 25.2 Å². The molecule has 6 nitrogen and oxygen atoms in total. The number of nitro groups is 1. The van der Waals surface area contributed by atoms with Crippen LogP contribution in [0.15, 0.2) is 24.3 Å². The molecule has 0 fully saturated rings. The first-order valence-corrected chi connectivity index (χ1v) is 7.77. The topological polar surface area (TPSA) is 112 Å². The van der Waals surface area contributed by atoms with Crippen LogP contribution in [0.3, 0.4) is 0 Å². The minimum atomic E-state index is -3.32. The largest absolute Gasteiger partial charge is 0.294 e. The lowest BCUT2D eigenvalue weighted by molar-refractivity contribution is -0.384. The zero-order valence-electron chi connectivity index (χ0n) is 9.08. The van der Waals surface area contributed by atoms with Crippen LogP contribution >= 0.6 is 9.53 Å². The Bertz CT molecular complexity index is 438. The monoisotopic (exact) mass is 245 g/mol. The zero-order valence-corrected chi connectivity index (χ0v) is 9.98. The average Bonchev–Trinajstić information content (AvgIpc) is 2.14. The fraction of sp³-hybridized carbons (Fsp3) is 0.222. The third-order valence-electron chi connectivity index (χ3n) is 1.97. The Labute approximate surface area is 93.3 Å². The number of rotatable bonds is 2.